The Morgan fingerprint density at radius 1 is 1.28 bits per heavy atom. The highest BCUT2D eigenvalue weighted by atomic mass is 16.5. The Kier molecular flexibility index (Phi) is 6.58. The van der Waals surface area contributed by atoms with E-state index in [0.29, 0.717) is 0 Å². The van der Waals surface area contributed by atoms with Gasteiger partial charge in [0.15, 0.2) is 0 Å². The normalized spacial score (nSPS) is 12.2. The van der Waals surface area contributed by atoms with Gasteiger partial charge < -0.3 is 15.0 Å². The molecule has 1 aromatic rings. The van der Waals surface area contributed by atoms with Crippen molar-refractivity contribution in [2.75, 3.05) is 32.1 Å². The lowest BCUT2D eigenvalue weighted by atomic mass is 10.2. The van der Waals surface area contributed by atoms with E-state index in [1.807, 2.05) is 26.2 Å². The summed E-state index contributed by atoms with van der Waals surface area (Å²) in [4.78, 5) is 2.09. The Bertz CT molecular complexity index is 339. The highest BCUT2D eigenvalue weighted by Crippen LogP contribution is 2.21. The maximum absolute atomic E-state index is 6.06. The van der Waals surface area contributed by atoms with Gasteiger partial charge in [0, 0.05) is 32.4 Å². The third-order valence-electron chi connectivity index (χ3n) is 2.87. The zero-order valence-electron chi connectivity index (χ0n) is 12.1. The molecular formula is C15H26N2O. The Hall–Kier alpha value is -1.22. The van der Waals surface area contributed by atoms with Gasteiger partial charge in [-0.2, -0.15) is 0 Å². The molecule has 102 valence electrons. The molecule has 0 bridgehead atoms. The van der Waals surface area contributed by atoms with E-state index in [-0.39, 0.29) is 6.10 Å². The molecule has 0 aliphatic heterocycles. The fourth-order valence-electron chi connectivity index (χ4n) is 1.86. The van der Waals surface area contributed by atoms with Gasteiger partial charge in [-0.25, -0.2) is 0 Å². The van der Waals surface area contributed by atoms with E-state index in [1.165, 1.54) is 5.69 Å². The Balaban J connectivity index is 2.64. The summed E-state index contributed by atoms with van der Waals surface area (Å²) in [5.74, 6) is 0.956. The highest BCUT2D eigenvalue weighted by Gasteiger charge is 2.09. The Morgan fingerprint density at radius 2 is 2.06 bits per heavy atom. The molecule has 0 amide bonds. The number of anilines is 1. The van der Waals surface area contributed by atoms with E-state index in [1.54, 1.807) is 0 Å². The molecule has 0 aliphatic carbocycles. The summed E-state index contributed by atoms with van der Waals surface area (Å²) in [7, 11) is 4.09. The Morgan fingerprint density at radius 3 is 2.67 bits per heavy atom. The number of likely N-dealkylation sites (N-methyl/N-ethyl adjacent to an activating group) is 1. The molecule has 0 fully saturated rings. The van der Waals surface area contributed by atoms with Crippen LogP contribution >= 0.6 is 0 Å². The summed E-state index contributed by atoms with van der Waals surface area (Å²) in [5.41, 5.74) is 1.17. The molecule has 0 saturated heterocycles. The molecule has 18 heavy (non-hydrogen) atoms. The number of hydrogen-bond acceptors (Lipinski definition) is 3. The van der Waals surface area contributed by atoms with Crippen molar-refractivity contribution in [2.45, 2.75) is 32.8 Å². The van der Waals surface area contributed by atoms with Gasteiger partial charge in [-0.05, 0) is 25.1 Å². The second-order valence-corrected chi connectivity index (χ2v) is 4.73. The van der Waals surface area contributed by atoms with Crippen molar-refractivity contribution in [2.24, 2.45) is 0 Å². The quantitative estimate of drug-likeness (QED) is 0.768. The van der Waals surface area contributed by atoms with Crippen LogP contribution in [-0.4, -0.2) is 33.3 Å². The van der Waals surface area contributed by atoms with Crippen LogP contribution in [-0.2, 0) is 0 Å². The first kappa shape index (κ1) is 14.8. The number of ether oxygens (including phenoxy) is 1. The van der Waals surface area contributed by atoms with Crippen LogP contribution in [0.2, 0.25) is 0 Å². The minimum absolute atomic E-state index is 0.257. The van der Waals surface area contributed by atoms with Crippen LogP contribution in [0.1, 0.15) is 26.7 Å². The number of nitrogens with one attached hydrogen (secondary N) is 1. The summed E-state index contributed by atoms with van der Waals surface area (Å²) in [6, 6.07) is 8.25. The van der Waals surface area contributed by atoms with E-state index >= 15 is 0 Å². The van der Waals surface area contributed by atoms with Crippen LogP contribution in [0.5, 0.6) is 5.75 Å². The molecule has 1 aromatic carbocycles. The summed E-state index contributed by atoms with van der Waals surface area (Å²) in [6.07, 6.45) is 2.48. The molecule has 0 radical (unpaired) electrons. The molecule has 0 aromatic heterocycles. The monoisotopic (exact) mass is 250 g/mol. The largest absolute Gasteiger partial charge is 0.489 e. The van der Waals surface area contributed by atoms with Crippen LogP contribution in [0, 0.1) is 0 Å². The maximum Gasteiger partial charge on any atom is 0.121 e. The lowest BCUT2D eigenvalue weighted by Gasteiger charge is -2.20. The van der Waals surface area contributed by atoms with Crippen molar-refractivity contribution in [3.8, 4) is 5.75 Å². The van der Waals surface area contributed by atoms with Gasteiger partial charge in [0.05, 0.1) is 0 Å². The van der Waals surface area contributed by atoms with Crippen molar-refractivity contribution in [3.05, 3.63) is 24.3 Å². The maximum atomic E-state index is 6.06. The van der Waals surface area contributed by atoms with Crippen molar-refractivity contribution in [1.82, 2.24) is 5.32 Å². The number of benzene rings is 1. The van der Waals surface area contributed by atoms with E-state index in [2.05, 4.69) is 36.2 Å². The lowest BCUT2D eigenvalue weighted by Crippen LogP contribution is -2.31. The van der Waals surface area contributed by atoms with Crippen molar-refractivity contribution < 1.29 is 4.74 Å². The van der Waals surface area contributed by atoms with Gasteiger partial charge in [0.1, 0.15) is 11.9 Å². The predicted octanol–water partition coefficient (Wildman–Crippen LogP) is 2.91. The molecule has 1 N–H and O–H groups in total. The van der Waals surface area contributed by atoms with E-state index in [0.717, 1.165) is 31.7 Å². The fourth-order valence-corrected chi connectivity index (χ4v) is 1.86. The van der Waals surface area contributed by atoms with Crippen LogP contribution in [0.15, 0.2) is 24.3 Å². The van der Waals surface area contributed by atoms with Gasteiger partial charge in [0.2, 0.25) is 0 Å². The second-order valence-electron chi connectivity index (χ2n) is 4.73. The van der Waals surface area contributed by atoms with E-state index < -0.39 is 0 Å². The first-order valence-electron chi connectivity index (χ1n) is 6.82. The number of nitrogens with zero attached hydrogens (tertiary/aromatic N) is 1. The average Bonchev–Trinajstić information content (AvgIpc) is 2.36. The zero-order chi connectivity index (χ0) is 13.4. The molecule has 1 unspecified atom stereocenters. The molecule has 3 nitrogen and oxygen atoms in total. The SMILES string of the molecule is CCCC(CNCC)Oc1cccc(N(C)C)c1. The first-order chi connectivity index (χ1) is 8.67. The number of hydrogen-bond donors (Lipinski definition) is 1. The third kappa shape index (κ3) is 4.96. The smallest absolute Gasteiger partial charge is 0.121 e. The van der Waals surface area contributed by atoms with Crippen molar-refractivity contribution in [3.63, 3.8) is 0 Å². The molecule has 0 saturated carbocycles. The van der Waals surface area contributed by atoms with E-state index in [4.69, 9.17) is 4.74 Å². The van der Waals surface area contributed by atoms with Gasteiger partial charge in [0.25, 0.3) is 0 Å². The van der Waals surface area contributed by atoms with Gasteiger partial charge in [-0.1, -0.05) is 26.3 Å². The second kappa shape index (κ2) is 7.98. The molecule has 0 heterocycles. The third-order valence-corrected chi connectivity index (χ3v) is 2.87. The summed E-state index contributed by atoms with van der Waals surface area (Å²) in [5, 5.41) is 3.36. The lowest BCUT2D eigenvalue weighted by molar-refractivity contribution is 0.187. The molecule has 1 atom stereocenters. The molecule has 0 aliphatic rings. The van der Waals surface area contributed by atoms with Crippen molar-refractivity contribution in [1.29, 1.82) is 0 Å². The average molecular weight is 250 g/mol. The van der Waals surface area contributed by atoms with Crippen molar-refractivity contribution >= 4 is 5.69 Å². The van der Waals surface area contributed by atoms with Gasteiger partial charge in [-0.15, -0.1) is 0 Å². The van der Waals surface area contributed by atoms with Gasteiger partial charge in [-0.3, -0.25) is 0 Å². The molecule has 1 rings (SSSR count). The van der Waals surface area contributed by atoms with Crippen LogP contribution in [0.4, 0.5) is 5.69 Å². The molecule has 3 heteroatoms. The fraction of sp³-hybridized carbons (Fsp3) is 0.600. The Labute approximate surface area is 111 Å². The topological polar surface area (TPSA) is 24.5 Å². The molecular weight excluding hydrogens is 224 g/mol. The van der Waals surface area contributed by atoms with Gasteiger partial charge >= 0.3 is 0 Å². The number of rotatable bonds is 8. The summed E-state index contributed by atoms with van der Waals surface area (Å²) in [6.45, 7) is 6.21. The standard InChI is InChI=1S/C15H26N2O/c1-5-8-15(12-16-6-2)18-14-10-7-9-13(11-14)17(3)4/h7,9-11,15-16H,5-6,8,12H2,1-4H3. The minimum atomic E-state index is 0.257. The molecule has 0 spiro atoms. The van der Waals surface area contributed by atoms with E-state index in [9.17, 15) is 0 Å². The van der Waals surface area contributed by atoms with Crippen LogP contribution in [0.3, 0.4) is 0 Å². The van der Waals surface area contributed by atoms with Crippen LogP contribution < -0.4 is 15.0 Å². The van der Waals surface area contributed by atoms with Crippen LogP contribution in [0.25, 0.3) is 0 Å². The predicted molar refractivity (Wildman–Crippen MR) is 78.6 cm³/mol. The summed E-state index contributed by atoms with van der Waals surface area (Å²) < 4.78 is 6.06. The highest BCUT2D eigenvalue weighted by molar-refractivity contribution is 5.49. The summed E-state index contributed by atoms with van der Waals surface area (Å²) >= 11 is 0. The zero-order valence-corrected chi connectivity index (χ0v) is 12.1. The minimum Gasteiger partial charge on any atom is -0.489 e. The first-order valence-corrected chi connectivity index (χ1v) is 6.82.